The van der Waals surface area contributed by atoms with E-state index in [2.05, 4.69) is 4.94 Å². The van der Waals surface area contributed by atoms with Gasteiger partial charge in [0.2, 0.25) is 0 Å². The van der Waals surface area contributed by atoms with Crippen LogP contribution in [0.5, 0.6) is 0 Å². The van der Waals surface area contributed by atoms with E-state index in [1.165, 1.54) is 0 Å². The molecule has 50 valence electrons. The van der Waals surface area contributed by atoms with Gasteiger partial charge in [0, 0.05) is 0 Å². The Morgan fingerprint density at radius 1 is 1.62 bits per heavy atom. The van der Waals surface area contributed by atoms with Crippen LogP contribution in [-0.4, -0.2) is 25.3 Å². The lowest BCUT2D eigenvalue weighted by Crippen LogP contribution is -2.07. The van der Waals surface area contributed by atoms with E-state index < -0.39 is 22.5 Å². The maximum Gasteiger partial charge on any atom is 0.267 e. The van der Waals surface area contributed by atoms with Gasteiger partial charge < -0.3 is 0 Å². The molecule has 4 nitrogen and oxygen atoms in total. The van der Waals surface area contributed by atoms with Crippen LogP contribution >= 0.6 is 0 Å². The zero-order valence-electron chi connectivity index (χ0n) is 3.87. The summed E-state index contributed by atoms with van der Waals surface area (Å²) in [4.78, 5) is 2.88. The fraction of sp³-hybridized carbons (Fsp3) is 1.00. The van der Waals surface area contributed by atoms with E-state index in [1.807, 2.05) is 0 Å². The molecule has 0 fully saturated rings. The Kier molecular flexibility index (Phi) is 2.88. The molecule has 0 amide bonds. The highest BCUT2D eigenvalue weighted by Gasteiger charge is 2.02. The van der Waals surface area contributed by atoms with Gasteiger partial charge in [-0.15, -0.1) is 0 Å². The van der Waals surface area contributed by atoms with Crippen LogP contribution in [0.3, 0.4) is 0 Å². The van der Waals surface area contributed by atoms with Gasteiger partial charge in [-0.25, -0.2) is 0 Å². The van der Waals surface area contributed by atoms with Crippen molar-refractivity contribution < 1.29 is 22.4 Å². The zero-order valence-corrected chi connectivity index (χ0v) is 4.69. The molecule has 0 aliphatic carbocycles. The van der Waals surface area contributed by atoms with E-state index in [1.54, 1.807) is 0 Å². The molecule has 0 saturated heterocycles. The molecule has 8 heavy (non-hydrogen) atoms. The van der Waals surface area contributed by atoms with Crippen molar-refractivity contribution in [1.29, 1.82) is 0 Å². The van der Waals surface area contributed by atoms with Crippen molar-refractivity contribution >= 4 is 10.1 Å². The van der Waals surface area contributed by atoms with Gasteiger partial charge in [0.15, 0.2) is 0 Å². The van der Waals surface area contributed by atoms with Crippen LogP contribution in [-0.2, 0) is 15.1 Å². The minimum absolute atomic E-state index is 0.626. The second-order valence-corrected chi connectivity index (χ2v) is 2.67. The molecule has 0 aromatic heterocycles. The SMILES string of the molecule is O=S(=O)(O)CCOF. The molecule has 6 heteroatoms. The Balaban J connectivity index is 3.42. The van der Waals surface area contributed by atoms with Crippen molar-refractivity contribution in [2.24, 2.45) is 0 Å². The molecule has 0 spiro atoms. The second kappa shape index (κ2) is 2.95. The highest BCUT2D eigenvalue weighted by Crippen LogP contribution is 1.82. The molecule has 0 aromatic carbocycles. The van der Waals surface area contributed by atoms with Crippen molar-refractivity contribution in [2.45, 2.75) is 0 Å². The van der Waals surface area contributed by atoms with E-state index in [0.29, 0.717) is 0 Å². The molecular formula is C2H5FO4S. The standard InChI is InChI=1S/C2H5FO4S/c3-7-1-2-8(4,5)6/h1-2H2,(H,4,5,6). The summed E-state index contributed by atoms with van der Waals surface area (Å²) in [5.74, 6) is -0.705. The first kappa shape index (κ1) is 7.80. The minimum Gasteiger partial charge on any atom is -0.285 e. The van der Waals surface area contributed by atoms with Crippen molar-refractivity contribution in [3.05, 3.63) is 0 Å². The summed E-state index contributed by atoms with van der Waals surface area (Å²) in [6.45, 7) is -0.626. The fourth-order valence-corrected chi connectivity index (χ4v) is 0.410. The summed E-state index contributed by atoms with van der Waals surface area (Å²) in [5, 5.41) is 0. The Hall–Kier alpha value is -0.200. The summed E-state index contributed by atoms with van der Waals surface area (Å²) in [5.41, 5.74) is 0. The van der Waals surface area contributed by atoms with Gasteiger partial charge in [-0.2, -0.15) is 13.4 Å². The number of hydrogen-bond acceptors (Lipinski definition) is 3. The maximum absolute atomic E-state index is 10.6. The highest BCUT2D eigenvalue weighted by molar-refractivity contribution is 7.85. The zero-order chi connectivity index (χ0) is 6.62. The molecule has 0 unspecified atom stereocenters. The van der Waals surface area contributed by atoms with Crippen LogP contribution in [0.2, 0.25) is 0 Å². The van der Waals surface area contributed by atoms with Gasteiger partial charge in [-0.05, 0) is 4.53 Å². The van der Waals surface area contributed by atoms with E-state index in [4.69, 9.17) is 4.55 Å². The van der Waals surface area contributed by atoms with Crippen molar-refractivity contribution in [1.82, 2.24) is 0 Å². The lowest BCUT2D eigenvalue weighted by molar-refractivity contribution is -0.125. The van der Waals surface area contributed by atoms with Gasteiger partial charge in [-0.3, -0.25) is 4.55 Å². The van der Waals surface area contributed by atoms with Gasteiger partial charge >= 0.3 is 0 Å². The van der Waals surface area contributed by atoms with Crippen LogP contribution in [0, 0.1) is 0 Å². The van der Waals surface area contributed by atoms with E-state index >= 15 is 0 Å². The Morgan fingerprint density at radius 2 is 2.12 bits per heavy atom. The second-order valence-electron chi connectivity index (χ2n) is 1.10. The molecule has 0 aliphatic rings. The Labute approximate surface area is 45.9 Å². The Bertz CT molecular complexity index is 138. The predicted octanol–water partition coefficient (Wildman–Crippen LogP) is -0.225. The molecule has 0 saturated carbocycles. The summed E-state index contributed by atoms with van der Waals surface area (Å²) in [6.07, 6.45) is 0. The highest BCUT2D eigenvalue weighted by atomic mass is 32.2. The molecule has 1 N–H and O–H groups in total. The topological polar surface area (TPSA) is 63.6 Å². The van der Waals surface area contributed by atoms with Gasteiger partial charge in [-0.1, -0.05) is 0 Å². The predicted molar refractivity (Wildman–Crippen MR) is 23.5 cm³/mol. The monoisotopic (exact) mass is 144 g/mol. The van der Waals surface area contributed by atoms with Gasteiger partial charge in [0.25, 0.3) is 10.1 Å². The van der Waals surface area contributed by atoms with Crippen LogP contribution in [0.4, 0.5) is 4.53 Å². The quantitative estimate of drug-likeness (QED) is 0.556. The Morgan fingerprint density at radius 3 is 2.25 bits per heavy atom. The normalized spacial score (nSPS) is 11.8. The first-order valence-electron chi connectivity index (χ1n) is 1.75. The lowest BCUT2D eigenvalue weighted by atomic mass is 10.9. The number of rotatable bonds is 3. The lowest BCUT2D eigenvalue weighted by Gasteiger charge is -1.88. The smallest absolute Gasteiger partial charge is 0.267 e. The van der Waals surface area contributed by atoms with Crippen LogP contribution in [0.25, 0.3) is 0 Å². The average molecular weight is 144 g/mol. The third kappa shape index (κ3) is 5.80. The summed E-state index contributed by atoms with van der Waals surface area (Å²) >= 11 is 0. The van der Waals surface area contributed by atoms with Gasteiger partial charge in [0.05, 0.1) is 0 Å². The van der Waals surface area contributed by atoms with Crippen molar-refractivity contribution in [3.63, 3.8) is 0 Å². The molecular weight excluding hydrogens is 139 g/mol. The molecule has 0 aliphatic heterocycles. The molecule has 0 atom stereocenters. The number of hydrogen-bond donors (Lipinski definition) is 1. The van der Waals surface area contributed by atoms with Gasteiger partial charge in [0.1, 0.15) is 12.4 Å². The van der Waals surface area contributed by atoms with Crippen molar-refractivity contribution in [2.75, 3.05) is 12.4 Å². The summed E-state index contributed by atoms with van der Waals surface area (Å²) in [6, 6.07) is 0. The third-order valence-corrected chi connectivity index (χ3v) is 1.10. The largest absolute Gasteiger partial charge is 0.285 e. The van der Waals surface area contributed by atoms with Crippen LogP contribution < -0.4 is 0 Å². The molecule has 0 radical (unpaired) electrons. The maximum atomic E-state index is 10.6. The van der Waals surface area contributed by atoms with E-state index in [-0.39, 0.29) is 0 Å². The summed E-state index contributed by atoms with van der Waals surface area (Å²) < 4.78 is 37.9. The van der Waals surface area contributed by atoms with E-state index in [9.17, 15) is 12.9 Å². The average Bonchev–Trinajstić information content (AvgIpc) is 1.59. The minimum atomic E-state index is -4.05. The molecule has 0 aromatic rings. The third-order valence-electron chi connectivity index (χ3n) is 0.418. The van der Waals surface area contributed by atoms with E-state index in [0.717, 1.165) is 0 Å². The molecule has 0 bridgehead atoms. The first-order valence-corrected chi connectivity index (χ1v) is 3.36. The molecule has 0 rings (SSSR count). The van der Waals surface area contributed by atoms with Crippen LogP contribution in [0.1, 0.15) is 0 Å². The number of halogens is 1. The van der Waals surface area contributed by atoms with Crippen molar-refractivity contribution in [3.8, 4) is 0 Å². The fourth-order valence-electron chi connectivity index (χ4n) is 0.137. The summed E-state index contributed by atoms with van der Waals surface area (Å²) in [7, 11) is -4.05. The van der Waals surface area contributed by atoms with Crippen LogP contribution in [0.15, 0.2) is 0 Å². The first-order chi connectivity index (χ1) is 3.56. The molecule has 0 heterocycles.